The minimum Gasteiger partial charge on any atom is -0.258 e. The topological polar surface area (TPSA) is 43.1 Å². The van der Waals surface area contributed by atoms with Crippen LogP contribution in [0.2, 0.25) is 5.02 Å². The van der Waals surface area contributed by atoms with Crippen LogP contribution in [0, 0.1) is 10.1 Å². The third-order valence-corrected chi connectivity index (χ3v) is 3.78. The molecular weight excluding hydrogens is 269 g/mol. The summed E-state index contributed by atoms with van der Waals surface area (Å²) in [6, 6.07) is 1.82. The van der Waals surface area contributed by atoms with Crippen molar-refractivity contribution in [3.05, 3.63) is 36.8 Å². The lowest BCUT2D eigenvalue weighted by Gasteiger charge is -2.04. The van der Waals surface area contributed by atoms with Gasteiger partial charge in [0.25, 0.3) is 5.69 Å². The van der Waals surface area contributed by atoms with Crippen molar-refractivity contribution in [1.29, 1.82) is 0 Å². The summed E-state index contributed by atoms with van der Waals surface area (Å²) in [4.78, 5) is 10.5. The van der Waals surface area contributed by atoms with Crippen LogP contribution >= 0.6 is 27.5 Å². The molecule has 0 amide bonds. The number of nitrogens with zero attached hydrogens (tertiary/aromatic N) is 1. The minimum absolute atomic E-state index is 0.144. The monoisotopic (exact) mass is 275 g/mol. The fourth-order valence-electron chi connectivity index (χ4n) is 1.85. The lowest BCUT2D eigenvalue weighted by Crippen LogP contribution is -1.96. The first kappa shape index (κ1) is 9.93. The van der Waals surface area contributed by atoms with Crippen molar-refractivity contribution < 1.29 is 4.92 Å². The summed E-state index contributed by atoms with van der Waals surface area (Å²) in [7, 11) is 0. The summed E-state index contributed by atoms with van der Waals surface area (Å²) in [5, 5.41) is 11.3. The van der Waals surface area contributed by atoms with Crippen molar-refractivity contribution in [3.8, 4) is 0 Å². The van der Waals surface area contributed by atoms with Crippen LogP contribution in [0.25, 0.3) is 0 Å². The number of aryl methyl sites for hydroxylation is 1. The molecule has 1 aromatic rings. The van der Waals surface area contributed by atoms with Crippen LogP contribution in [0.3, 0.4) is 0 Å². The van der Waals surface area contributed by atoms with Crippen molar-refractivity contribution >= 4 is 33.2 Å². The number of benzene rings is 1. The van der Waals surface area contributed by atoms with Gasteiger partial charge in [-0.1, -0.05) is 11.6 Å². The van der Waals surface area contributed by atoms with Gasteiger partial charge >= 0.3 is 0 Å². The number of nitro groups is 1. The quantitative estimate of drug-likeness (QED) is 0.582. The van der Waals surface area contributed by atoms with E-state index in [4.69, 9.17) is 11.6 Å². The molecule has 0 unspecified atom stereocenters. The van der Waals surface area contributed by atoms with Gasteiger partial charge in [-0.3, -0.25) is 10.1 Å². The lowest BCUT2D eigenvalue weighted by atomic mass is 10.1. The SMILES string of the molecule is O=[N+]([O-])c1c(Br)c(Cl)cc2c1CCC2. The molecule has 0 heterocycles. The van der Waals surface area contributed by atoms with Gasteiger partial charge in [-0.05, 0) is 46.8 Å². The van der Waals surface area contributed by atoms with Gasteiger partial charge in [0.05, 0.1) is 9.95 Å². The first-order valence-electron chi connectivity index (χ1n) is 4.25. The average Bonchev–Trinajstić information content (AvgIpc) is 2.52. The first-order valence-corrected chi connectivity index (χ1v) is 5.42. The van der Waals surface area contributed by atoms with Crippen LogP contribution in [0.1, 0.15) is 17.5 Å². The zero-order valence-corrected chi connectivity index (χ0v) is 9.56. The zero-order valence-electron chi connectivity index (χ0n) is 7.22. The Morgan fingerprint density at radius 1 is 1.50 bits per heavy atom. The van der Waals surface area contributed by atoms with Crippen LogP contribution in [-0.4, -0.2) is 4.92 Å². The maximum Gasteiger partial charge on any atom is 0.288 e. The molecule has 2 rings (SSSR count). The van der Waals surface area contributed by atoms with Gasteiger partial charge < -0.3 is 0 Å². The highest BCUT2D eigenvalue weighted by Gasteiger charge is 2.27. The van der Waals surface area contributed by atoms with Gasteiger partial charge in [-0.25, -0.2) is 0 Å². The van der Waals surface area contributed by atoms with Gasteiger partial charge in [-0.15, -0.1) is 0 Å². The third kappa shape index (κ3) is 1.42. The van der Waals surface area contributed by atoms with Crippen LogP contribution in [0.15, 0.2) is 10.5 Å². The van der Waals surface area contributed by atoms with Crippen molar-refractivity contribution in [2.45, 2.75) is 19.3 Å². The second-order valence-electron chi connectivity index (χ2n) is 3.27. The number of fused-ring (bicyclic) bond motifs is 1. The standard InChI is InChI=1S/C9H7BrClNO2/c10-8-7(11)4-5-2-1-3-6(5)9(8)12(13)14/h4H,1-3H2. The molecular formula is C9H7BrClNO2. The molecule has 0 N–H and O–H groups in total. The van der Waals surface area contributed by atoms with Gasteiger partial charge in [0.2, 0.25) is 0 Å². The summed E-state index contributed by atoms with van der Waals surface area (Å²) in [6.45, 7) is 0. The third-order valence-electron chi connectivity index (χ3n) is 2.45. The molecule has 74 valence electrons. The second kappa shape index (κ2) is 3.51. The van der Waals surface area contributed by atoms with Gasteiger partial charge in [0.1, 0.15) is 4.47 Å². The fourth-order valence-corrected chi connectivity index (χ4v) is 2.57. The van der Waals surface area contributed by atoms with E-state index in [-0.39, 0.29) is 10.6 Å². The molecule has 0 radical (unpaired) electrons. The summed E-state index contributed by atoms with van der Waals surface area (Å²) in [6.07, 6.45) is 2.65. The molecule has 0 spiro atoms. The number of nitro benzene ring substituents is 1. The van der Waals surface area contributed by atoms with E-state index >= 15 is 0 Å². The number of rotatable bonds is 1. The molecule has 1 aliphatic carbocycles. The summed E-state index contributed by atoms with van der Waals surface area (Å²) < 4.78 is 0.407. The maximum absolute atomic E-state index is 10.9. The first-order chi connectivity index (χ1) is 6.61. The smallest absolute Gasteiger partial charge is 0.258 e. The molecule has 0 saturated heterocycles. The molecule has 3 nitrogen and oxygen atoms in total. The minimum atomic E-state index is -0.361. The van der Waals surface area contributed by atoms with E-state index in [2.05, 4.69) is 15.9 Å². The van der Waals surface area contributed by atoms with E-state index < -0.39 is 0 Å². The number of hydrogen-bond acceptors (Lipinski definition) is 2. The predicted molar refractivity (Wildman–Crippen MR) is 57.8 cm³/mol. The highest BCUT2D eigenvalue weighted by Crippen LogP contribution is 2.40. The second-order valence-corrected chi connectivity index (χ2v) is 4.47. The van der Waals surface area contributed by atoms with Crippen LogP contribution < -0.4 is 0 Å². The van der Waals surface area contributed by atoms with E-state index in [9.17, 15) is 10.1 Å². The predicted octanol–water partition coefficient (Wildman–Crippen LogP) is 3.50. The van der Waals surface area contributed by atoms with Crippen LogP contribution in [0.5, 0.6) is 0 Å². The van der Waals surface area contributed by atoms with E-state index in [0.717, 1.165) is 30.4 Å². The Kier molecular flexibility index (Phi) is 2.49. The Bertz CT molecular complexity index is 420. The summed E-state index contributed by atoms with van der Waals surface area (Å²) >= 11 is 9.05. The average molecular weight is 277 g/mol. The van der Waals surface area contributed by atoms with Crippen molar-refractivity contribution in [2.75, 3.05) is 0 Å². The van der Waals surface area contributed by atoms with Gasteiger partial charge in [0.15, 0.2) is 0 Å². The lowest BCUT2D eigenvalue weighted by molar-refractivity contribution is -0.386. The van der Waals surface area contributed by atoms with Gasteiger partial charge in [-0.2, -0.15) is 0 Å². The van der Waals surface area contributed by atoms with E-state index in [0.29, 0.717) is 9.50 Å². The Morgan fingerprint density at radius 2 is 2.21 bits per heavy atom. The van der Waals surface area contributed by atoms with Crippen molar-refractivity contribution in [3.63, 3.8) is 0 Å². The Morgan fingerprint density at radius 3 is 2.86 bits per heavy atom. The van der Waals surface area contributed by atoms with Crippen LogP contribution in [0.4, 0.5) is 5.69 Å². The van der Waals surface area contributed by atoms with E-state index in [1.807, 2.05) is 6.07 Å². The van der Waals surface area contributed by atoms with E-state index in [1.165, 1.54) is 0 Å². The van der Waals surface area contributed by atoms with Crippen molar-refractivity contribution in [1.82, 2.24) is 0 Å². The zero-order chi connectivity index (χ0) is 10.3. The Labute approximate surface area is 94.3 Å². The molecule has 1 aliphatic rings. The van der Waals surface area contributed by atoms with Gasteiger partial charge in [0, 0.05) is 5.56 Å². The molecule has 1 aromatic carbocycles. The molecule has 14 heavy (non-hydrogen) atoms. The fraction of sp³-hybridized carbons (Fsp3) is 0.333. The van der Waals surface area contributed by atoms with Crippen LogP contribution in [-0.2, 0) is 12.8 Å². The number of hydrogen-bond donors (Lipinski definition) is 0. The highest BCUT2D eigenvalue weighted by molar-refractivity contribution is 9.10. The Balaban J connectivity index is 2.72. The number of halogens is 2. The molecule has 0 atom stereocenters. The largest absolute Gasteiger partial charge is 0.288 e. The molecule has 0 fully saturated rings. The molecule has 0 aromatic heterocycles. The molecule has 0 aliphatic heterocycles. The summed E-state index contributed by atoms with van der Waals surface area (Å²) in [5.74, 6) is 0. The Hall–Kier alpha value is -0.610. The van der Waals surface area contributed by atoms with Crippen molar-refractivity contribution in [2.24, 2.45) is 0 Å². The molecule has 0 bridgehead atoms. The molecule has 0 saturated carbocycles. The summed E-state index contributed by atoms with van der Waals surface area (Å²) in [5.41, 5.74) is 2.00. The van der Waals surface area contributed by atoms with E-state index in [1.54, 1.807) is 0 Å². The normalized spacial score (nSPS) is 14.1. The highest BCUT2D eigenvalue weighted by atomic mass is 79.9. The maximum atomic E-state index is 10.9. The molecule has 5 heteroatoms.